The summed E-state index contributed by atoms with van der Waals surface area (Å²) in [6.07, 6.45) is -0.526. The zero-order chi connectivity index (χ0) is 8.20. The highest BCUT2D eigenvalue weighted by Crippen LogP contribution is 2.07. The van der Waals surface area contributed by atoms with E-state index in [9.17, 15) is 0 Å². The van der Waals surface area contributed by atoms with E-state index in [1.807, 2.05) is 0 Å². The molecule has 4 nitrogen and oxygen atoms in total. The monoisotopic (exact) mass is 149 g/mol. The van der Waals surface area contributed by atoms with Crippen molar-refractivity contribution in [1.82, 2.24) is 0 Å². The minimum atomic E-state index is -1.55. The summed E-state index contributed by atoms with van der Waals surface area (Å²) in [5.41, 5.74) is 5.25. The predicted octanol–water partition coefficient (Wildman–Crippen LogP) is 0.0102. The van der Waals surface area contributed by atoms with Gasteiger partial charge >= 0.3 is 0 Å². The second-order valence-corrected chi connectivity index (χ2v) is 2.15. The molecule has 2 unspecified atom stereocenters. The average Bonchev–Trinajstić information content (AvgIpc) is 1.59. The van der Waals surface area contributed by atoms with E-state index in [0.717, 1.165) is 0 Å². The van der Waals surface area contributed by atoms with Gasteiger partial charge in [0.15, 0.2) is 0 Å². The van der Waals surface area contributed by atoms with Gasteiger partial charge in [-0.05, 0) is 13.8 Å². The van der Waals surface area contributed by atoms with Crippen molar-refractivity contribution in [2.24, 2.45) is 5.73 Å². The summed E-state index contributed by atoms with van der Waals surface area (Å²) in [7, 11) is 0. The molecular weight excluding hydrogens is 134 g/mol. The van der Waals surface area contributed by atoms with E-state index in [2.05, 4.69) is 0 Å². The molecule has 0 fully saturated rings. The van der Waals surface area contributed by atoms with Gasteiger partial charge < -0.3 is 20.3 Å². The summed E-state index contributed by atoms with van der Waals surface area (Å²) in [5.74, 6) is -1.55. The third kappa shape index (κ3) is 4.69. The minimum absolute atomic E-state index is 0.389. The fourth-order valence-electron chi connectivity index (χ4n) is 0.647. The van der Waals surface area contributed by atoms with Gasteiger partial charge in [-0.15, -0.1) is 0 Å². The summed E-state index contributed by atoms with van der Waals surface area (Å²) < 4.78 is 9.58. The van der Waals surface area contributed by atoms with E-state index in [1.54, 1.807) is 13.8 Å². The molecule has 0 spiro atoms. The van der Waals surface area contributed by atoms with Crippen LogP contribution in [0.4, 0.5) is 0 Å². The van der Waals surface area contributed by atoms with Crippen LogP contribution in [-0.2, 0) is 9.47 Å². The quantitative estimate of drug-likeness (QED) is 0.553. The van der Waals surface area contributed by atoms with E-state index in [0.29, 0.717) is 6.61 Å². The normalized spacial score (nSPS) is 20.1. The summed E-state index contributed by atoms with van der Waals surface area (Å²) in [4.78, 5) is 0. The van der Waals surface area contributed by atoms with E-state index in [-0.39, 0.29) is 0 Å². The Balaban J connectivity index is 3.63. The summed E-state index contributed by atoms with van der Waals surface area (Å²) in [6.45, 7) is 5.17. The lowest BCUT2D eigenvalue weighted by Crippen LogP contribution is -2.38. The van der Waals surface area contributed by atoms with Crippen molar-refractivity contribution in [1.29, 1.82) is 0 Å². The largest absolute Gasteiger partial charge is 0.343 e. The molecule has 0 saturated carbocycles. The van der Waals surface area contributed by atoms with Gasteiger partial charge in [0.05, 0.1) is 0 Å². The van der Waals surface area contributed by atoms with E-state index in [4.69, 9.17) is 20.3 Å². The molecular formula is C6H15NO3. The van der Waals surface area contributed by atoms with Crippen molar-refractivity contribution in [3.8, 4) is 0 Å². The Morgan fingerprint density at radius 3 is 2.50 bits per heavy atom. The van der Waals surface area contributed by atoms with Crippen molar-refractivity contribution in [3.05, 3.63) is 0 Å². The first-order valence-corrected chi connectivity index (χ1v) is 3.27. The highest BCUT2D eigenvalue weighted by Gasteiger charge is 2.22. The molecule has 0 heterocycles. The van der Waals surface area contributed by atoms with Crippen LogP contribution in [-0.4, -0.2) is 23.9 Å². The van der Waals surface area contributed by atoms with E-state index in [1.165, 1.54) is 6.92 Å². The lowest BCUT2D eigenvalue weighted by molar-refractivity contribution is -0.360. The standard InChI is InChI=1S/C6H15NO3/c1-4-9-6(3,8)10-5(2)7/h5,8H,4,7H2,1-3H3. The van der Waals surface area contributed by atoms with Crippen LogP contribution in [0.15, 0.2) is 0 Å². The highest BCUT2D eigenvalue weighted by molar-refractivity contribution is 4.44. The molecule has 0 amide bonds. The van der Waals surface area contributed by atoms with Crippen LogP contribution >= 0.6 is 0 Å². The molecule has 0 aliphatic heterocycles. The smallest absolute Gasteiger partial charge is 0.278 e. The number of hydrogen-bond donors (Lipinski definition) is 2. The molecule has 4 heteroatoms. The molecule has 0 bridgehead atoms. The number of nitrogens with two attached hydrogens (primary N) is 1. The second kappa shape index (κ2) is 3.88. The lowest BCUT2D eigenvalue weighted by Gasteiger charge is -2.24. The summed E-state index contributed by atoms with van der Waals surface area (Å²) >= 11 is 0. The predicted molar refractivity (Wildman–Crippen MR) is 37.0 cm³/mol. The number of rotatable bonds is 4. The first-order chi connectivity index (χ1) is 4.48. The molecule has 3 N–H and O–H groups in total. The summed E-state index contributed by atoms with van der Waals surface area (Å²) in [6, 6.07) is 0. The molecule has 10 heavy (non-hydrogen) atoms. The van der Waals surface area contributed by atoms with Crippen molar-refractivity contribution in [2.75, 3.05) is 6.61 Å². The number of ether oxygens (including phenoxy) is 2. The maximum atomic E-state index is 9.16. The first kappa shape index (κ1) is 9.84. The van der Waals surface area contributed by atoms with Gasteiger partial charge in [-0.3, -0.25) is 0 Å². The van der Waals surface area contributed by atoms with Crippen LogP contribution in [0.2, 0.25) is 0 Å². The summed E-state index contributed by atoms with van der Waals surface area (Å²) in [5, 5.41) is 9.16. The molecule has 0 aromatic rings. The van der Waals surface area contributed by atoms with Gasteiger partial charge in [0.2, 0.25) is 0 Å². The van der Waals surface area contributed by atoms with Gasteiger partial charge in [0.1, 0.15) is 6.23 Å². The fourth-order valence-corrected chi connectivity index (χ4v) is 0.647. The maximum Gasteiger partial charge on any atom is 0.278 e. The molecule has 0 aliphatic carbocycles. The third-order valence-corrected chi connectivity index (χ3v) is 0.817. The number of hydrogen-bond acceptors (Lipinski definition) is 4. The Labute approximate surface area is 60.9 Å². The maximum absolute atomic E-state index is 9.16. The zero-order valence-electron chi connectivity index (χ0n) is 6.63. The average molecular weight is 149 g/mol. The third-order valence-electron chi connectivity index (χ3n) is 0.817. The van der Waals surface area contributed by atoms with Crippen LogP contribution < -0.4 is 5.73 Å². The Kier molecular flexibility index (Phi) is 3.81. The minimum Gasteiger partial charge on any atom is -0.343 e. The van der Waals surface area contributed by atoms with Crippen LogP contribution in [0.25, 0.3) is 0 Å². The zero-order valence-corrected chi connectivity index (χ0v) is 6.63. The van der Waals surface area contributed by atoms with Crippen LogP contribution in [0.5, 0.6) is 0 Å². The van der Waals surface area contributed by atoms with Gasteiger partial charge in [-0.2, -0.15) is 0 Å². The first-order valence-electron chi connectivity index (χ1n) is 3.27. The lowest BCUT2D eigenvalue weighted by atomic mass is 10.6. The molecule has 0 aromatic heterocycles. The topological polar surface area (TPSA) is 64.7 Å². The van der Waals surface area contributed by atoms with Crippen LogP contribution in [0.1, 0.15) is 20.8 Å². The Hall–Kier alpha value is -0.160. The molecule has 2 atom stereocenters. The molecule has 62 valence electrons. The Bertz CT molecular complexity index is 93.0. The molecule has 0 aliphatic rings. The van der Waals surface area contributed by atoms with Crippen molar-refractivity contribution in [2.45, 2.75) is 33.0 Å². The molecule has 0 rings (SSSR count). The Morgan fingerprint density at radius 2 is 2.20 bits per heavy atom. The van der Waals surface area contributed by atoms with Crippen molar-refractivity contribution in [3.63, 3.8) is 0 Å². The molecule has 0 radical (unpaired) electrons. The SMILES string of the molecule is CCOC(C)(O)OC(C)N. The molecule has 0 aromatic carbocycles. The van der Waals surface area contributed by atoms with Crippen molar-refractivity contribution >= 4 is 0 Å². The van der Waals surface area contributed by atoms with Crippen molar-refractivity contribution < 1.29 is 14.6 Å². The fraction of sp³-hybridized carbons (Fsp3) is 1.00. The van der Waals surface area contributed by atoms with E-state index >= 15 is 0 Å². The highest BCUT2D eigenvalue weighted by atomic mass is 16.8. The second-order valence-electron chi connectivity index (χ2n) is 2.15. The van der Waals surface area contributed by atoms with Gasteiger partial charge in [0, 0.05) is 13.5 Å². The molecule has 0 saturated heterocycles. The van der Waals surface area contributed by atoms with E-state index < -0.39 is 12.2 Å². The van der Waals surface area contributed by atoms with Crippen LogP contribution in [0, 0.1) is 0 Å². The van der Waals surface area contributed by atoms with Gasteiger partial charge in [-0.25, -0.2) is 0 Å². The Morgan fingerprint density at radius 1 is 1.70 bits per heavy atom. The van der Waals surface area contributed by atoms with Gasteiger partial charge in [-0.1, -0.05) is 0 Å². The number of aliphatic hydroxyl groups is 1. The van der Waals surface area contributed by atoms with Gasteiger partial charge in [0.25, 0.3) is 5.97 Å². The van der Waals surface area contributed by atoms with Crippen LogP contribution in [0.3, 0.4) is 0 Å².